The van der Waals surface area contributed by atoms with Gasteiger partial charge in [0.15, 0.2) is 17.6 Å². The summed E-state index contributed by atoms with van der Waals surface area (Å²) >= 11 is 0. The molecule has 0 fully saturated rings. The first-order chi connectivity index (χ1) is 13.4. The second-order valence-electron chi connectivity index (χ2n) is 6.16. The molecule has 7 heteroatoms. The molecule has 0 saturated carbocycles. The standard InChI is InChI=1S/C21H25NO6/c1-13-6-8-17(25-3)16(10-13)21(24)28-14(2)20(23)22-12-15-7-9-18(26-4)19(11-15)27-5/h6-11,14H,12H2,1-5H3,(H,22,23)/t14-/m0/s1. The Kier molecular flexibility index (Phi) is 7.26. The van der Waals surface area contributed by atoms with Crippen molar-refractivity contribution in [3.63, 3.8) is 0 Å². The molecular weight excluding hydrogens is 362 g/mol. The van der Waals surface area contributed by atoms with Gasteiger partial charge in [-0.2, -0.15) is 0 Å². The van der Waals surface area contributed by atoms with Crippen molar-refractivity contribution < 1.29 is 28.5 Å². The lowest BCUT2D eigenvalue weighted by atomic mass is 10.1. The third-order valence-electron chi connectivity index (χ3n) is 4.14. The summed E-state index contributed by atoms with van der Waals surface area (Å²) in [5, 5.41) is 2.74. The van der Waals surface area contributed by atoms with E-state index in [0.717, 1.165) is 11.1 Å². The van der Waals surface area contributed by atoms with Gasteiger partial charge in [-0.1, -0.05) is 17.7 Å². The number of benzene rings is 2. The van der Waals surface area contributed by atoms with Gasteiger partial charge in [0, 0.05) is 6.54 Å². The Morgan fingerprint density at radius 2 is 1.57 bits per heavy atom. The minimum absolute atomic E-state index is 0.259. The van der Waals surface area contributed by atoms with E-state index in [1.54, 1.807) is 38.5 Å². The van der Waals surface area contributed by atoms with Crippen LogP contribution in [0.4, 0.5) is 0 Å². The number of esters is 1. The molecule has 0 bridgehead atoms. The van der Waals surface area contributed by atoms with Crippen LogP contribution in [0.15, 0.2) is 36.4 Å². The predicted octanol–water partition coefficient (Wildman–Crippen LogP) is 2.88. The van der Waals surface area contributed by atoms with E-state index in [1.165, 1.54) is 14.0 Å². The molecule has 0 spiro atoms. The van der Waals surface area contributed by atoms with E-state index in [1.807, 2.05) is 19.1 Å². The molecule has 0 unspecified atom stereocenters. The molecule has 1 amide bonds. The Bertz CT molecular complexity index is 849. The Balaban J connectivity index is 1.98. The van der Waals surface area contributed by atoms with E-state index in [9.17, 15) is 9.59 Å². The average molecular weight is 387 g/mol. The summed E-state index contributed by atoms with van der Waals surface area (Å²) in [5.74, 6) is 0.546. The maximum Gasteiger partial charge on any atom is 0.342 e. The van der Waals surface area contributed by atoms with Gasteiger partial charge >= 0.3 is 5.97 Å². The van der Waals surface area contributed by atoms with Gasteiger partial charge < -0.3 is 24.3 Å². The van der Waals surface area contributed by atoms with Gasteiger partial charge in [-0.3, -0.25) is 4.79 Å². The van der Waals surface area contributed by atoms with Crippen molar-refractivity contribution in [1.82, 2.24) is 5.32 Å². The lowest BCUT2D eigenvalue weighted by Gasteiger charge is -2.15. The number of hydrogen-bond donors (Lipinski definition) is 1. The van der Waals surface area contributed by atoms with E-state index in [-0.39, 0.29) is 12.1 Å². The molecule has 2 rings (SSSR count). The van der Waals surface area contributed by atoms with Crippen LogP contribution in [0, 0.1) is 6.92 Å². The summed E-state index contributed by atoms with van der Waals surface area (Å²) < 4.78 is 20.9. The highest BCUT2D eigenvalue weighted by atomic mass is 16.5. The molecule has 1 atom stereocenters. The number of hydrogen-bond acceptors (Lipinski definition) is 6. The second kappa shape index (κ2) is 9.64. The highest BCUT2D eigenvalue weighted by Gasteiger charge is 2.21. The molecule has 2 aromatic carbocycles. The number of nitrogens with one attached hydrogen (secondary N) is 1. The number of carbonyl (C=O) groups is 2. The van der Waals surface area contributed by atoms with Crippen LogP contribution in [-0.2, 0) is 16.1 Å². The van der Waals surface area contributed by atoms with Gasteiger partial charge in [0.05, 0.1) is 21.3 Å². The summed E-state index contributed by atoms with van der Waals surface area (Å²) in [6.45, 7) is 3.63. The van der Waals surface area contributed by atoms with E-state index < -0.39 is 18.0 Å². The van der Waals surface area contributed by atoms with Crippen LogP contribution in [0.2, 0.25) is 0 Å². The Morgan fingerprint density at radius 1 is 0.929 bits per heavy atom. The van der Waals surface area contributed by atoms with Crippen molar-refractivity contribution in [2.24, 2.45) is 0 Å². The zero-order valence-electron chi connectivity index (χ0n) is 16.7. The van der Waals surface area contributed by atoms with Crippen LogP contribution in [0.5, 0.6) is 17.2 Å². The molecular formula is C21H25NO6. The van der Waals surface area contributed by atoms with Crippen LogP contribution in [0.3, 0.4) is 0 Å². The highest BCUT2D eigenvalue weighted by molar-refractivity contribution is 5.94. The fourth-order valence-corrected chi connectivity index (χ4v) is 2.58. The van der Waals surface area contributed by atoms with E-state index in [2.05, 4.69) is 5.32 Å². The van der Waals surface area contributed by atoms with E-state index in [4.69, 9.17) is 18.9 Å². The molecule has 0 aliphatic carbocycles. The topological polar surface area (TPSA) is 83.1 Å². The second-order valence-corrected chi connectivity index (χ2v) is 6.16. The number of carbonyl (C=O) groups excluding carboxylic acids is 2. The summed E-state index contributed by atoms with van der Waals surface area (Å²) in [6.07, 6.45) is -0.960. The zero-order chi connectivity index (χ0) is 20.7. The summed E-state index contributed by atoms with van der Waals surface area (Å²) in [7, 11) is 4.57. The lowest BCUT2D eigenvalue weighted by Crippen LogP contribution is -2.35. The smallest absolute Gasteiger partial charge is 0.342 e. The van der Waals surface area contributed by atoms with Gasteiger partial charge in [-0.15, -0.1) is 0 Å². The normalized spacial score (nSPS) is 11.3. The number of methoxy groups -OCH3 is 3. The average Bonchev–Trinajstić information content (AvgIpc) is 2.71. The van der Waals surface area contributed by atoms with Gasteiger partial charge in [-0.05, 0) is 43.7 Å². The fourth-order valence-electron chi connectivity index (χ4n) is 2.58. The van der Waals surface area contributed by atoms with Crippen LogP contribution in [-0.4, -0.2) is 39.3 Å². The number of ether oxygens (including phenoxy) is 4. The number of rotatable bonds is 8. The molecule has 1 N–H and O–H groups in total. The van der Waals surface area contributed by atoms with Crippen molar-refractivity contribution in [3.8, 4) is 17.2 Å². The summed E-state index contributed by atoms with van der Waals surface area (Å²) in [5.41, 5.74) is 1.99. The first-order valence-corrected chi connectivity index (χ1v) is 8.73. The van der Waals surface area contributed by atoms with Crippen molar-refractivity contribution in [2.45, 2.75) is 26.5 Å². The molecule has 0 saturated heterocycles. The van der Waals surface area contributed by atoms with Gasteiger partial charge in [0.2, 0.25) is 0 Å². The van der Waals surface area contributed by atoms with Crippen LogP contribution >= 0.6 is 0 Å². The summed E-state index contributed by atoms with van der Waals surface area (Å²) in [6, 6.07) is 10.5. The third-order valence-corrected chi connectivity index (χ3v) is 4.14. The van der Waals surface area contributed by atoms with Crippen molar-refractivity contribution >= 4 is 11.9 Å². The first kappa shape index (κ1) is 21.1. The summed E-state index contributed by atoms with van der Waals surface area (Å²) in [4.78, 5) is 24.7. The molecule has 0 heterocycles. The molecule has 0 radical (unpaired) electrons. The Labute approximate surface area is 164 Å². The van der Waals surface area contributed by atoms with Gasteiger partial charge in [0.1, 0.15) is 11.3 Å². The van der Waals surface area contributed by atoms with Crippen LogP contribution in [0.25, 0.3) is 0 Å². The van der Waals surface area contributed by atoms with Crippen molar-refractivity contribution in [2.75, 3.05) is 21.3 Å². The lowest BCUT2D eigenvalue weighted by molar-refractivity contribution is -0.129. The molecule has 0 aliphatic heterocycles. The third kappa shape index (κ3) is 5.16. The zero-order valence-corrected chi connectivity index (χ0v) is 16.7. The predicted molar refractivity (Wildman–Crippen MR) is 104 cm³/mol. The monoisotopic (exact) mass is 387 g/mol. The molecule has 2 aromatic rings. The minimum atomic E-state index is -0.960. The Hall–Kier alpha value is -3.22. The SMILES string of the molecule is COc1ccc(CNC(=O)[C@H](C)OC(=O)c2cc(C)ccc2OC)cc1OC. The van der Waals surface area contributed by atoms with Crippen LogP contribution < -0.4 is 19.5 Å². The fraction of sp³-hybridized carbons (Fsp3) is 0.333. The molecule has 7 nitrogen and oxygen atoms in total. The molecule has 28 heavy (non-hydrogen) atoms. The maximum absolute atomic E-state index is 12.4. The maximum atomic E-state index is 12.4. The molecule has 0 aromatic heterocycles. The number of amides is 1. The van der Waals surface area contributed by atoms with Crippen molar-refractivity contribution in [3.05, 3.63) is 53.1 Å². The van der Waals surface area contributed by atoms with Crippen LogP contribution in [0.1, 0.15) is 28.4 Å². The van der Waals surface area contributed by atoms with E-state index in [0.29, 0.717) is 17.2 Å². The van der Waals surface area contributed by atoms with Gasteiger partial charge in [-0.25, -0.2) is 4.79 Å². The van der Waals surface area contributed by atoms with Gasteiger partial charge in [0.25, 0.3) is 5.91 Å². The minimum Gasteiger partial charge on any atom is -0.496 e. The molecule has 150 valence electrons. The van der Waals surface area contributed by atoms with E-state index >= 15 is 0 Å². The quantitative estimate of drug-likeness (QED) is 0.702. The molecule has 0 aliphatic rings. The Morgan fingerprint density at radius 3 is 2.21 bits per heavy atom. The highest BCUT2D eigenvalue weighted by Crippen LogP contribution is 2.27. The largest absolute Gasteiger partial charge is 0.496 e. The first-order valence-electron chi connectivity index (χ1n) is 8.73. The van der Waals surface area contributed by atoms with Crippen molar-refractivity contribution in [1.29, 1.82) is 0 Å². The number of aryl methyl sites for hydroxylation is 1.